The Morgan fingerprint density at radius 3 is 2.74 bits per heavy atom. The standard InChI is InChI=1S/C19H29N3O/c1-14-9-17(22-5-2-7-23-8-6-22)3-4-18(14)21-16-12-19(13-16)10-15(20)11-19/h3-4,9,15-16,21H,2,5-8,10-13,20H2,1H3. The summed E-state index contributed by atoms with van der Waals surface area (Å²) in [5, 5.41) is 3.74. The van der Waals surface area contributed by atoms with E-state index in [0.717, 1.165) is 32.7 Å². The van der Waals surface area contributed by atoms with Crippen molar-refractivity contribution in [2.75, 3.05) is 36.5 Å². The van der Waals surface area contributed by atoms with Crippen molar-refractivity contribution in [2.24, 2.45) is 11.1 Å². The van der Waals surface area contributed by atoms with Crippen molar-refractivity contribution in [1.29, 1.82) is 0 Å². The number of nitrogens with zero attached hydrogens (tertiary/aromatic N) is 1. The number of nitrogens with two attached hydrogens (primary N) is 1. The Morgan fingerprint density at radius 1 is 1.17 bits per heavy atom. The summed E-state index contributed by atoms with van der Waals surface area (Å²) in [7, 11) is 0. The number of rotatable bonds is 3. The molecule has 0 atom stereocenters. The molecule has 0 bridgehead atoms. The van der Waals surface area contributed by atoms with Crippen molar-refractivity contribution in [3.05, 3.63) is 23.8 Å². The van der Waals surface area contributed by atoms with Gasteiger partial charge in [0, 0.05) is 43.2 Å². The van der Waals surface area contributed by atoms with Crippen LogP contribution in [-0.4, -0.2) is 38.4 Å². The molecule has 126 valence electrons. The lowest BCUT2D eigenvalue weighted by Gasteiger charge is -2.57. The summed E-state index contributed by atoms with van der Waals surface area (Å²) in [6, 6.07) is 7.94. The molecular formula is C19H29N3O. The van der Waals surface area contributed by atoms with Gasteiger partial charge in [-0.1, -0.05) is 0 Å². The third-order valence-corrected chi connectivity index (χ3v) is 5.91. The fourth-order valence-corrected chi connectivity index (χ4v) is 4.70. The molecule has 3 fully saturated rings. The Morgan fingerprint density at radius 2 is 2.00 bits per heavy atom. The Labute approximate surface area is 139 Å². The molecule has 0 amide bonds. The zero-order valence-electron chi connectivity index (χ0n) is 14.2. The number of nitrogens with one attached hydrogen (secondary N) is 1. The highest BCUT2D eigenvalue weighted by Crippen LogP contribution is 2.55. The summed E-state index contributed by atoms with van der Waals surface area (Å²) in [6.45, 7) is 6.04. The second kappa shape index (κ2) is 5.99. The van der Waals surface area contributed by atoms with Gasteiger partial charge < -0.3 is 20.7 Å². The fraction of sp³-hybridized carbons (Fsp3) is 0.684. The van der Waals surface area contributed by atoms with Crippen LogP contribution in [-0.2, 0) is 4.74 Å². The van der Waals surface area contributed by atoms with Gasteiger partial charge in [-0.05, 0) is 68.2 Å². The molecular weight excluding hydrogens is 286 g/mol. The molecule has 2 saturated carbocycles. The number of hydrogen-bond donors (Lipinski definition) is 2. The number of hydrogen-bond acceptors (Lipinski definition) is 4. The maximum absolute atomic E-state index is 5.95. The minimum Gasteiger partial charge on any atom is -0.382 e. The Balaban J connectivity index is 1.36. The van der Waals surface area contributed by atoms with Crippen LogP contribution in [0.2, 0.25) is 0 Å². The second-order valence-corrected chi connectivity index (χ2v) is 7.87. The Kier molecular flexibility index (Phi) is 3.98. The van der Waals surface area contributed by atoms with E-state index in [1.165, 1.54) is 42.6 Å². The molecule has 23 heavy (non-hydrogen) atoms. The first-order chi connectivity index (χ1) is 11.1. The van der Waals surface area contributed by atoms with E-state index in [9.17, 15) is 0 Å². The molecule has 4 nitrogen and oxygen atoms in total. The average molecular weight is 315 g/mol. The Bertz CT molecular complexity index is 552. The molecule has 1 aliphatic heterocycles. The minimum atomic E-state index is 0.467. The van der Waals surface area contributed by atoms with Crippen LogP contribution in [0.5, 0.6) is 0 Å². The Hall–Kier alpha value is -1.26. The third kappa shape index (κ3) is 3.07. The van der Waals surface area contributed by atoms with Crippen LogP contribution in [0, 0.1) is 12.3 Å². The molecule has 1 aromatic carbocycles. The first-order valence-electron chi connectivity index (χ1n) is 9.09. The van der Waals surface area contributed by atoms with Crippen LogP contribution in [0.15, 0.2) is 18.2 Å². The van der Waals surface area contributed by atoms with Gasteiger partial charge in [0.05, 0.1) is 6.61 Å². The van der Waals surface area contributed by atoms with E-state index in [0.29, 0.717) is 17.5 Å². The van der Waals surface area contributed by atoms with Crippen molar-refractivity contribution >= 4 is 11.4 Å². The van der Waals surface area contributed by atoms with Crippen molar-refractivity contribution < 1.29 is 4.74 Å². The quantitative estimate of drug-likeness (QED) is 0.900. The molecule has 1 spiro atoms. The molecule has 3 aliphatic rings. The molecule has 1 aromatic rings. The van der Waals surface area contributed by atoms with E-state index >= 15 is 0 Å². The van der Waals surface area contributed by atoms with Gasteiger partial charge in [0.15, 0.2) is 0 Å². The van der Waals surface area contributed by atoms with Gasteiger partial charge in [-0.25, -0.2) is 0 Å². The zero-order valence-corrected chi connectivity index (χ0v) is 14.2. The van der Waals surface area contributed by atoms with Crippen LogP contribution in [0.1, 0.15) is 37.7 Å². The number of ether oxygens (including phenoxy) is 1. The van der Waals surface area contributed by atoms with Gasteiger partial charge in [0.1, 0.15) is 0 Å². The van der Waals surface area contributed by atoms with E-state index in [2.05, 4.69) is 35.3 Å². The highest BCUT2D eigenvalue weighted by Gasteiger charge is 2.51. The van der Waals surface area contributed by atoms with Crippen molar-refractivity contribution in [2.45, 2.75) is 51.1 Å². The van der Waals surface area contributed by atoms with Crippen molar-refractivity contribution in [3.8, 4) is 0 Å². The number of anilines is 2. The van der Waals surface area contributed by atoms with Gasteiger partial charge in [-0.3, -0.25) is 0 Å². The lowest BCUT2D eigenvalue weighted by atomic mass is 9.52. The number of benzene rings is 1. The molecule has 4 rings (SSSR count). The molecule has 2 aliphatic carbocycles. The van der Waals surface area contributed by atoms with Crippen LogP contribution in [0.4, 0.5) is 11.4 Å². The average Bonchev–Trinajstić information content (AvgIpc) is 2.74. The molecule has 1 saturated heterocycles. The molecule has 0 unspecified atom stereocenters. The molecule has 0 radical (unpaired) electrons. The lowest BCUT2D eigenvalue weighted by Crippen LogP contribution is -2.57. The summed E-state index contributed by atoms with van der Waals surface area (Å²) in [6.07, 6.45) is 6.18. The highest BCUT2D eigenvalue weighted by atomic mass is 16.5. The fourth-order valence-electron chi connectivity index (χ4n) is 4.70. The first-order valence-corrected chi connectivity index (χ1v) is 9.09. The van der Waals surface area contributed by atoms with E-state index < -0.39 is 0 Å². The maximum atomic E-state index is 5.95. The van der Waals surface area contributed by atoms with Gasteiger partial charge in [-0.15, -0.1) is 0 Å². The second-order valence-electron chi connectivity index (χ2n) is 7.87. The van der Waals surface area contributed by atoms with Gasteiger partial charge in [0.25, 0.3) is 0 Å². The van der Waals surface area contributed by atoms with E-state index in [-0.39, 0.29) is 0 Å². The first kappa shape index (κ1) is 15.3. The summed E-state index contributed by atoms with van der Waals surface area (Å²) in [5.74, 6) is 0. The zero-order chi connectivity index (χ0) is 15.9. The van der Waals surface area contributed by atoms with E-state index in [1.807, 2.05) is 0 Å². The van der Waals surface area contributed by atoms with Gasteiger partial charge in [0.2, 0.25) is 0 Å². The summed E-state index contributed by atoms with van der Waals surface area (Å²) < 4.78 is 5.56. The predicted molar refractivity (Wildman–Crippen MR) is 95.1 cm³/mol. The molecule has 1 heterocycles. The lowest BCUT2D eigenvalue weighted by molar-refractivity contribution is 0.00119. The van der Waals surface area contributed by atoms with Gasteiger partial charge >= 0.3 is 0 Å². The minimum absolute atomic E-state index is 0.467. The number of aryl methyl sites for hydroxylation is 1. The smallest absolute Gasteiger partial charge is 0.0641 e. The highest BCUT2D eigenvalue weighted by molar-refractivity contribution is 5.61. The van der Waals surface area contributed by atoms with Crippen LogP contribution in [0.25, 0.3) is 0 Å². The van der Waals surface area contributed by atoms with Crippen LogP contribution < -0.4 is 16.0 Å². The largest absolute Gasteiger partial charge is 0.382 e. The third-order valence-electron chi connectivity index (χ3n) is 5.91. The monoisotopic (exact) mass is 315 g/mol. The summed E-state index contributed by atoms with van der Waals surface area (Å²) in [4.78, 5) is 2.44. The van der Waals surface area contributed by atoms with E-state index in [1.54, 1.807) is 0 Å². The van der Waals surface area contributed by atoms with Gasteiger partial charge in [-0.2, -0.15) is 0 Å². The van der Waals surface area contributed by atoms with E-state index in [4.69, 9.17) is 10.5 Å². The predicted octanol–water partition coefficient (Wildman–Crippen LogP) is 2.90. The summed E-state index contributed by atoms with van der Waals surface area (Å²) in [5.41, 5.74) is 10.5. The normalized spacial score (nSPS) is 33.7. The molecule has 3 N–H and O–H groups in total. The topological polar surface area (TPSA) is 50.5 Å². The molecule has 0 aromatic heterocycles. The van der Waals surface area contributed by atoms with Crippen molar-refractivity contribution in [3.63, 3.8) is 0 Å². The molecule has 4 heteroatoms. The SMILES string of the molecule is Cc1cc(N2CCCOCC2)ccc1NC1CC2(CC(N)C2)C1. The summed E-state index contributed by atoms with van der Waals surface area (Å²) >= 11 is 0. The van der Waals surface area contributed by atoms with Crippen LogP contribution >= 0.6 is 0 Å². The maximum Gasteiger partial charge on any atom is 0.0641 e. The van der Waals surface area contributed by atoms with Crippen molar-refractivity contribution in [1.82, 2.24) is 0 Å². The van der Waals surface area contributed by atoms with Crippen LogP contribution in [0.3, 0.4) is 0 Å².